The van der Waals surface area contributed by atoms with Gasteiger partial charge in [-0.15, -0.1) is 0 Å². The van der Waals surface area contributed by atoms with Crippen molar-refractivity contribution in [2.24, 2.45) is 7.05 Å². The van der Waals surface area contributed by atoms with Crippen LogP contribution in [0.4, 0.5) is 0 Å². The molecule has 6 heteroatoms. The molecule has 0 saturated carbocycles. The summed E-state index contributed by atoms with van der Waals surface area (Å²) in [4.78, 5) is 24.6. The third kappa shape index (κ3) is 3.27. The molecule has 0 aliphatic rings. The molecule has 0 bridgehead atoms. The van der Waals surface area contributed by atoms with Crippen molar-refractivity contribution in [2.45, 2.75) is 26.7 Å². The van der Waals surface area contributed by atoms with Gasteiger partial charge in [0.1, 0.15) is 0 Å². The summed E-state index contributed by atoms with van der Waals surface area (Å²) in [6.07, 6.45) is 4.50. The van der Waals surface area contributed by atoms with E-state index in [-0.39, 0.29) is 22.4 Å². The number of unbranched alkanes of at least 4 members (excludes halogenated alkanes) is 1. The second-order valence-electron chi connectivity index (χ2n) is 5.32. The minimum Gasteiger partial charge on any atom is -0.504 e. The fourth-order valence-corrected chi connectivity index (χ4v) is 2.36. The van der Waals surface area contributed by atoms with Gasteiger partial charge in [-0.3, -0.25) is 4.79 Å². The summed E-state index contributed by atoms with van der Waals surface area (Å²) in [6.45, 7) is 4.03. The van der Waals surface area contributed by atoms with Gasteiger partial charge in [-0.05, 0) is 25.5 Å². The Labute approximate surface area is 139 Å². The standard InChI is InChI=1S/C18H21NO5/c1-4-6-11-23-16-15(20)14-12(18(22)24-10-5-2)8-7-9-13(14)19(3)17(16)21/h5,7-10,20H,4,6,11H2,1-3H3/b10-5-. The molecule has 1 N–H and O–H groups in total. The van der Waals surface area contributed by atoms with Crippen LogP contribution >= 0.6 is 0 Å². The average molecular weight is 331 g/mol. The highest BCUT2D eigenvalue weighted by Crippen LogP contribution is 2.34. The highest BCUT2D eigenvalue weighted by Gasteiger charge is 2.21. The number of aromatic nitrogens is 1. The van der Waals surface area contributed by atoms with Crippen molar-refractivity contribution in [2.75, 3.05) is 6.61 Å². The topological polar surface area (TPSA) is 77.8 Å². The van der Waals surface area contributed by atoms with Gasteiger partial charge in [0.25, 0.3) is 5.56 Å². The molecule has 128 valence electrons. The molecule has 0 fully saturated rings. The van der Waals surface area contributed by atoms with Gasteiger partial charge in [0.15, 0.2) is 5.75 Å². The quantitative estimate of drug-likeness (QED) is 0.500. The van der Waals surface area contributed by atoms with Crippen LogP contribution in [0.25, 0.3) is 10.9 Å². The molecule has 0 aliphatic carbocycles. The Bertz CT molecular complexity index is 835. The van der Waals surface area contributed by atoms with E-state index in [0.29, 0.717) is 12.1 Å². The van der Waals surface area contributed by atoms with E-state index in [0.717, 1.165) is 12.8 Å². The van der Waals surface area contributed by atoms with Crippen LogP contribution in [0.5, 0.6) is 11.5 Å². The van der Waals surface area contributed by atoms with E-state index in [2.05, 4.69) is 0 Å². The Morgan fingerprint density at radius 3 is 2.79 bits per heavy atom. The zero-order valence-electron chi connectivity index (χ0n) is 14.0. The highest BCUT2D eigenvalue weighted by molar-refractivity contribution is 6.07. The summed E-state index contributed by atoms with van der Waals surface area (Å²) in [6, 6.07) is 4.82. The first-order chi connectivity index (χ1) is 11.5. The molecule has 1 heterocycles. The van der Waals surface area contributed by atoms with Gasteiger partial charge in [0.05, 0.1) is 29.3 Å². The van der Waals surface area contributed by atoms with Gasteiger partial charge in [-0.25, -0.2) is 4.79 Å². The van der Waals surface area contributed by atoms with Crippen LogP contribution in [-0.2, 0) is 11.8 Å². The van der Waals surface area contributed by atoms with Gasteiger partial charge >= 0.3 is 5.97 Å². The zero-order valence-corrected chi connectivity index (χ0v) is 14.0. The second-order valence-corrected chi connectivity index (χ2v) is 5.32. The van der Waals surface area contributed by atoms with Crippen LogP contribution in [0.2, 0.25) is 0 Å². The summed E-state index contributed by atoms with van der Waals surface area (Å²) in [7, 11) is 1.57. The van der Waals surface area contributed by atoms with Crippen LogP contribution in [-0.4, -0.2) is 22.2 Å². The summed E-state index contributed by atoms with van der Waals surface area (Å²) in [5, 5.41) is 10.8. The van der Waals surface area contributed by atoms with E-state index in [1.807, 2.05) is 6.92 Å². The number of rotatable bonds is 6. The predicted molar refractivity (Wildman–Crippen MR) is 91.5 cm³/mol. The Balaban J connectivity index is 2.66. The van der Waals surface area contributed by atoms with Crippen LogP contribution in [0, 0.1) is 0 Å². The van der Waals surface area contributed by atoms with E-state index in [1.54, 1.807) is 32.2 Å². The number of aryl methyl sites for hydroxylation is 1. The normalized spacial score (nSPS) is 11.1. The first-order valence-electron chi connectivity index (χ1n) is 7.82. The molecule has 6 nitrogen and oxygen atoms in total. The molecule has 0 amide bonds. The van der Waals surface area contributed by atoms with Crippen molar-refractivity contribution in [1.82, 2.24) is 4.57 Å². The molecule has 0 unspecified atom stereocenters. The molecule has 0 atom stereocenters. The molecule has 0 saturated heterocycles. The van der Waals surface area contributed by atoms with E-state index in [1.165, 1.54) is 16.9 Å². The van der Waals surface area contributed by atoms with Crippen LogP contribution in [0.3, 0.4) is 0 Å². The molecular formula is C18H21NO5. The van der Waals surface area contributed by atoms with Crippen molar-refractivity contribution in [3.63, 3.8) is 0 Å². The smallest absolute Gasteiger partial charge is 0.343 e. The first kappa shape index (κ1) is 17.6. The van der Waals surface area contributed by atoms with Gasteiger partial charge < -0.3 is 19.1 Å². The summed E-state index contributed by atoms with van der Waals surface area (Å²) < 4.78 is 11.8. The number of hydrogen-bond acceptors (Lipinski definition) is 5. The van der Waals surface area contributed by atoms with Gasteiger partial charge in [0, 0.05) is 7.05 Å². The van der Waals surface area contributed by atoms with Crippen LogP contribution in [0.15, 0.2) is 35.3 Å². The van der Waals surface area contributed by atoms with E-state index in [9.17, 15) is 14.7 Å². The number of nitrogens with zero attached hydrogens (tertiary/aromatic N) is 1. The number of aromatic hydroxyl groups is 1. The lowest BCUT2D eigenvalue weighted by Gasteiger charge is -2.14. The van der Waals surface area contributed by atoms with Crippen molar-refractivity contribution < 1.29 is 19.4 Å². The molecule has 24 heavy (non-hydrogen) atoms. The predicted octanol–water partition coefficient (Wildman–Crippen LogP) is 3.11. The Kier molecular flexibility index (Phi) is 5.63. The van der Waals surface area contributed by atoms with Crippen molar-refractivity contribution >= 4 is 16.9 Å². The summed E-state index contributed by atoms with van der Waals surface area (Å²) in [5.74, 6) is -1.10. The maximum atomic E-state index is 12.4. The average Bonchev–Trinajstić information content (AvgIpc) is 2.60. The lowest BCUT2D eigenvalue weighted by atomic mass is 10.1. The van der Waals surface area contributed by atoms with Crippen molar-refractivity contribution in [3.8, 4) is 11.5 Å². The maximum absolute atomic E-state index is 12.4. The van der Waals surface area contributed by atoms with Crippen molar-refractivity contribution in [1.29, 1.82) is 0 Å². The first-order valence-corrected chi connectivity index (χ1v) is 7.82. The number of carbonyl (C=O) groups is 1. The van der Waals surface area contributed by atoms with Crippen LogP contribution in [0.1, 0.15) is 37.0 Å². The number of hydrogen-bond donors (Lipinski definition) is 1. The molecule has 0 spiro atoms. The minimum atomic E-state index is -0.618. The van der Waals surface area contributed by atoms with E-state index in [4.69, 9.17) is 9.47 Å². The lowest BCUT2D eigenvalue weighted by Crippen LogP contribution is -2.21. The zero-order chi connectivity index (χ0) is 17.7. The number of allylic oxidation sites excluding steroid dienone is 1. The number of fused-ring (bicyclic) bond motifs is 1. The fourth-order valence-electron chi connectivity index (χ4n) is 2.36. The number of esters is 1. The monoisotopic (exact) mass is 331 g/mol. The third-order valence-corrected chi connectivity index (χ3v) is 3.63. The largest absolute Gasteiger partial charge is 0.504 e. The Morgan fingerprint density at radius 1 is 1.38 bits per heavy atom. The molecule has 2 rings (SSSR count). The SMILES string of the molecule is C/C=C\OC(=O)c1cccc2c1c(O)c(OCCCC)c(=O)n2C. The van der Waals surface area contributed by atoms with E-state index < -0.39 is 11.5 Å². The number of carbonyl (C=O) groups excluding carboxylic acids is 1. The number of pyridine rings is 1. The van der Waals surface area contributed by atoms with Gasteiger partial charge in [-0.2, -0.15) is 0 Å². The van der Waals surface area contributed by atoms with Crippen molar-refractivity contribution in [3.05, 3.63) is 46.5 Å². The molecule has 2 aromatic rings. The van der Waals surface area contributed by atoms with Gasteiger partial charge in [0.2, 0.25) is 5.75 Å². The molecule has 0 aliphatic heterocycles. The second kappa shape index (κ2) is 7.68. The summed E-state index contributed by atoms with van der Waals surface area (Å²) >= 11 is 0. The van der Waals surface area contributed by atoms with E-state index >= 15 is 0 Å². The molecular weight excluding hydrogens is 310 g/mol. The van der Waals surface area contributed by atoms with Gasteiger partial charge in [-0.1, -0.05) is 25.5 Å². The Hall–Kier alpha value is -2.76. The number of benzene rings is 1. The third-order valence-electron chi connectivity index (χ3n) is 3.63. The maximum Gasteiger partial charge on any atom is 0.343 e. The summed E-state index contributed by atoms with van der Waals surface area (Å²) in [5.41, 5.74) is 0.143. The fraction of sp³-hybridized carbons (Fsp3) is 0.333. The molecule has 1 aromatic heterocycles. The molecule has 0 radical (unpaired) electrons. The molecule has 1 aromatic carbocycles. The minimum absolute atomic E-state index is 0.148. The van der Waals surface area contributed by atoms with Crippen LogP contribution < -0.4 is 10.3 Å². The highest BCUT2D eigenvalue weighted by atomic mass is 16.5. The number of ether oxygens (including phenoxy) is 2. The Morgan fingerprint density at radius 2 is 2.12 bits per heavy atom. The lowest BCUT2D eigenvalue weighted by molar-refractivity contribution is 0.0664.